The van der Waals surface area contributed by atoms with Crippen LogP contribution in [0.2, 0.25) is 0 Å². The number of thiophene rings is 1. The van der Waals surface area contributed by atoms with Gasteiger partial charge in [0, 0.05) is 12.6 Å². The second kappa shape index (κ2) is 5.23. The lowest BCUT2D eigenvalue weighted by atomic mass is 10.4. The molecular weight excluding hydrogens is 256 g/mol. The Kier molecular flexibility index (Phi) is 3.68. The number of rotatable bonds is 5. The maximum atomic E-state index is 10.7. The van der Waals surface area contributed by atoms with E-state index in [-0.39, 0.29) is 11.6 Å². The lowest BCUT2D eigenvalue weighted by molar-refractivity contribution is -0.380. The van der Waals surface area contributed by atoms with Crippen molar-refractivity contribution < 1.29 is 10.0 Å². The maximum Gasteiger partial charge on any atom is 0.324 e. The summed E-state index contributed by atoms with van der Waals surface area (Å²) in [5.74, 6) is 1.04. The van der Waals surface area contributed by atoms with Gasteiger partial charge in [-0.3, -0.25) is 10.1 Å². The zero-order chi connectivity index (χ0) is 13.1. The number of aromatic nitrogens is 3. The Morgan fingerprint density at radius 2 is 2.28 bits per heavy atom. The largest absolute Gasteiger partial charge is 0.388 e. The van der Waals surface area contributed by atoms with Gasteiger partial charge in [-0.05, 0) is 12.5 Å². The molecule has 0 unspecified atom stereocenters. The van der Waals surface area contributed by atoms with E-state index >= 15 is 0 Å². The van der Waals surface area contributed by atoms with Crippen molar-refractivity contribution in [2.75, 3.05) is 0 Å². The van der Waals surface area contributed by atoms with Gasteiger partial charge in [0.25, 0.3) is 0 Å². The highest BCUT2D eigenvalue weighted by Gasteiger charge is 2.17. The van der Waals surface area contributed by atoms with Gasteiger partial charge >= 0.3 is 5.00 Å². The molecule has 96 valence electrons. The van der Waals surface area contributed by atoms with Crippen molar-refractivity contribution in [2.45, 2.75) is 26.5 Å². The number of hydrogen-bond donors (Lipinski definition) is 1. The molecule has 1 N–H and O–H groups in total. The molecule has 2 aromatic heterocycles. The Morgan fingerprint density at radius 3 is 2.83 bits per heavy atom. The Labute approximate surface area is 107 Å². The number of nitro groups is 1. The molecule has 8 heteroatoms. The smallest absolute Gasteiger partial charge is 0.324 e. The third-order valence-corrected chi connectivity index (χ3v) is 3.44. The molecule has 0 aliphatic carbocycles. The highest BCUT2D eigenvalue weighted by Crippen LogP contribution is 2.31. The molecular formula is C10H12N4O3S. The third kappa shape index (κ3) is 2.24. The van der Waals surface area contributed by atoms with Gasteiger partial charge in [-0.1, -0.05) is 18.3 Å². The van der Waals surface area contributed by atoms with Crippen LogP contribution in [0, 0.1) is 10.1 Å². The minimum Gasteiger partial charge on any atom is -0.388 e. The molecule has 0 amide bonds. The molecule has 18 heavy (non-hydrogen) atoms. The number of aliphatic hydroxyl groups is 1. The van der Waals surface area contributed by atoms with Gasteiger partial charge < -0.3 is 9.67 Å². The quantitative estimate of drug-likeness (QED) is 0.659. The molecule has 0 aliphatic rings. The summed E-state index contributed by atoms with van der Waals surface area (Å²) < 4.78 is 1.79. The lowest BCUT2D eigenvalue weighted by Crippen LogP contribution is -2.04. The molecule has 0 spiro atoms. The molecule has 2 rings (SSSR count). The fourth-order valence-electron chi connectivity index (χ4n) is 1.64. The monoisotopic (exact) mass is 268 g/mol. The van der Waals surface area contributed by atoms with E-state index in [2.05, 4.69) is 10.2 Å². The standard InChI is InChI=1S/C10H12N4O3S/c1-2-5-13-8(6-15)11-12-10(13)7-3-4-9(18-7)14(16)17/h3-4,15H,2,5-6H2,1H3. The summed E-state index contributed by atoms with van der Waals surface area (Å²) in [6.07, 6.45) is 0.867. The highest BCUT2D eigenvalue weighted by molar-refractivity contribution is 7.18. The summed E-state index contributed by atoms with van der Waals surface area (Å²) in [4.78, 5) is 10.9. The Balaban J connectivity index is 2.42. The van der Waals surface area contributed by atoms with Gasteiger partial charge in [0.1, 0.15) is 6.61 Å². The van der Waals surface area contributed by atoms with Gasteiger partial charge in [-0.2, -0.15) is 0 Å². The summed E-state index contributed by atoms with van der Waals surface area (Å²) >= 11 is 1.05. The zero-order valence-corrected chi connectivity index (χ0v) is 10.6. The summed E-state index contributed by atoms with van der Waals surface area (Å²) in [6.45, 7) is 2.48. The summed E-state index contributed by atoms with van der Waals surface area (Å²) in [5.41, 5.74) is 0. The minimum atomic E-state index is -0.429. The van der Waals surface area contributed by atoms with E-state index in [9.17, 15) is 15.2 Å². The van der Waals surface area contributed by atoms with E-state index in [4.69, 9.17) is 0 Å². The van der Waals surface area contributed by atoms with Crippen LogP contribution in [0.1, 0.15) is 19.2 Å². The summed E-state index contributed by atoms with van der Waals surface area (Å²) in [7, 11) is 0. The van der Waals surface area contributed by atoms with Gasteiger partial charge in [-0.25, -0.2) is 0 Å². The van der Waals surface area contributed by atoms with Gasteiger partial charge in [-0.15, -0.1) is 10.2 Å². The average molecular weight is 268 g/mol. The molecule has 7 nitrogen and oxygen atoms in total. The molecule has 0 atom stereocenters. The van der Waals surface area contributed by atoms with Crippen LogP contribution in [0.25, 0.3) is 10.7 Å². The second-order valence-electron chi connectivity index (χ2n) is 3.64. The van der Waals surface area contributed by atoms with E-state index in [0.29, 0.717) is 23.1 Å². The van der Waals surface area contributed by atoms with Crippen molar-refractivity contribution in [1.82, 2.24) is 14.8 Å². The topological polar surface area (TPSA) is 94.1 Å². The SMILES string of the molecule is CCCn1c(CO)nnc1-c1ccc([N+](=O)[O-])s1. The number of nitrogens with zero attached hydrogens (tertiary/aromatic N) is 4. The van der Waals surface area contributed by atoms with E-state index in [0.717, 1.165) is 17.8 Å². The van der Waals surface area contributed by atoms with Gasteiger partial charge in [0.2, 0.25) is 0 Å². The second-order valence-corrected chi connectivity index (χ2v) is 4.71. The van der Waals surface area contributed by atoms with E-state index in [1.165, 1.54) is 6.07 Å². The van der Waals surface area contributed by atoms with Crippen molar-refractivity contribution in [1.29, 1.82) is 0 Å². The lowest BCUT2D eigenvalue weighted by Gasteiger charge is -2.05. The Morgan fingerprint density at radius 1 is 1.50 bits per heavy atom. The first-order valence-corrected chi connectivity index (χ1v) is 6.26. The molecule has 0 fully saturated rings. The van der Waals surface area contributed by atoms with Crippen LogP contribution in [0.3, 0.4) is 0 Å². The molecule has 0 aromatic carbocycles. The number of aliphatic hydroxyl groups excluding tert-OH is 1. The highest BCUT2D eigenvalue weighted by atomic mass is 32.1. The Bertz CT molecular complexity index is 563. The maximum absolute atomic E-state index is 10.7. The zero-order valence-electron chi connectivity index (χ0n) is 9.74. The van der Waals surface area contributed by atoms with Crippen LogP contribution in [-0.2, 0) is 13.2 Å². The third-order valence-electron chi connectivity index (χ3n) is 2.41. The molecule has 2 aromatic rings. The number of hydrogen-bond acceptors (Lipinski definition) is 6. The van der Waals surface area contributed by atoms with Crippen LogP contribution in [0.4, 0.5) is 5.00 Å². The van der Waals surface area contributed by atoms with Crippen LogP contribution in [-0.4, -0.2) is 24.8 Å². The van der Waals surface area contributed by atoms with Gasteiger partial charge in [0.05, 0.1) is 9.80 Å². The molecule has 0 saturated carbocycles. The predicted molar refractivity (Wildman–Crippen MR) is 66.2 cm³/mol. The van der Waals surface area contributed by atoms with E-state index in [1.807, 2.05) is 6.92 Å². The first-order chi connectivity index (χ1) is 8.67. The average Bonchev–Trinajstić information content (AvgIpc) is 2.95. The Hall–Kier alpha value is -1.80. The van der Waals surface area contributed by atoms with Crippen LogP contribution in [0.5, 0.6) is 0 Å². The van der Waals surface area contributed by atoms with Crippen molar-refractivity contribution in [2.24, 2.45) is 0 Å². The van der Waals surface area contributed by atoms with Crippen molar-refractivity contribution in [3.05, 3.63) is 28.1 Å². The van der Waals surface area contributed by atoms with Crippen molar-refractivity contribution in [3.8, 4) is 10.7 Å². The summed E-state index contributed by atoms with van der Waals surface area (Å²) in [5, 5.41) is 27.8. The molecule has 0 bridgehead atoms. The fourth-order valence-corrected chi connectivity index (χ4v) is 2.45. The molecule has 2 heterocycles. The van der Waals surface area contributed by atoms with E-state index < -0.39 is 4.92 Å². The van der Waals surface area contributed by atoms with Crippen LogP contribution in [0.15, 0.2) is 12.1 Å². The molecule has 0 radical (unpaired) electrons. The van der Waals surface area contributed by atoms with Gasteiger partial charge in [0.15, 0.2) is 11.6 Å². The molecule has 0 saturated heterocycles. The fraction of sp³-hybridized carbons (Fsp3) is 0.400. The summed E-state index contributed by atoms with van der Waals surface area (Å²) in [6, 6.07) is 3.10. The van der Waals surface area contributed by atoms with Crippen LogP contribution < -0.4 is 0 Å². The predicted octanol–water partition coefficient (Wildman–Crippen LogP) is 1.82. The van der Waals surface area contributed by atoms with Crippen LogP contribution >= 0.6 is 11.3 Å². The normalized spacial score (nSPS) is 10.8. The first kappa shape index (κ1) is 12.7. The first-order valence-electron chi connectivity index (χ1n) is 5.45. The van der Waals surface area contributed by atoms with Crippen molar-refractivity contribution >= 4 is 16.3 Å². The minimum absolute atomic E-state index is 0.0709. The molecule has 0 aliphatic heterocycles. The van der Waals surface area contributed by atoms with E-state index in [1.54, 1.807) is 10.6 Å². The van der Waals surface area contributed by atoms with Crippen molar-refractivity contribution in [3.63, 3.8) is 0 Å².